The van der Waals surface area contributed by atoms with Crippen molar-refractivity contribution in [2.24, 2.45) is 0 Å². The van der Waals surface area contributed by atoms with Crippen LogP contribution in [0.4, 0.5) is 13.2 Å². The Hall–Kier alpha value is -2.94. The molecule has 1 saturated heterocycles. The van der Waals surface area contributed by atoms with Crippen LogP contribution in [0.15, 0.2) is 60.9 Å². The molecule has 11 heteroatoms. The predicted octanol–water partition coefficient (Wildman–Crippen LogP) is 4.11. The van der Waals surface area contributed by atoms with Gasteiger partial charge in [-0.15, -0.1) is 0 Å². The van der Waals surface area contributed by atoms with Crippen LogP contribution in [0.1, 0.15) is 53.6 Å². The molecule has 40 heavy (non-hydrogen) atoms. The molecule has 2 aliphatic rings. The molecule has 2 aromatic carbocycles. The van der Waals surface area contributed by atoms with Gasteiger partial charge in [-0.2, -0.15) is 5.10 Å². The minimum absolute atomic E-state index is 0.0101. The number of aromatic nitrogens is 2. The summed E-state index contributed by atoms with van der Waals surface area (Å²) in [6.07, 6.45) is 3.14. The molecule has 3 N–H and O–H groups in total. The molecule has 2 atom stereocenters. The van der Waals surface area contributed by atoms with Crippen LogP contribution < -0.4 is 5.32 Å². The Morgan fingerprint density at radius 2 is 1.85 bits per heavy atom. The first-order valence-electron chi connectivity index (χ1n) is 13.4. The molecule has 2 fully saturated rings. The second kappa shape index (κ2) is 11.9. The summed E-state index contributed by atoms with van der Waals surface area (Å²) in [5.41, 5.74) is 1.14. The van der Waals surface area contributed by atoms with Crippen molar-refractivity contribution in [3.05, 3.63) is 77.6 Å². The van der Waals surface area contributed by atoms with Gasteiger partial charge in [0.1, 0.15) is 0 Å². The molecule has 5 rings (SSSR count). The van der Waals surface area contributed by atoms with Crippen LogP contribution in [-0.2, 0) is 16.6 Å². The average molecular weight is 617 g/mol. The minimum atomic E-state index is -4.53. The van der Waals surface area contributed by atoms with Crippen LogP contribution >= 0.6 is 0 Å². The van der Waals surface area contributed by atoms with E-state index in [4.69, 9.17) is 0 Å². The molecule has 0 radical (unpaired) electrons. The van der Waals surface area contributed by atoms with Crippen molar-refractivity contribution < 1.29 is 27.9 Å². The second-order valence-electron chi connectivity index (χ2n) is 10.6. The zero-order chi connectivity index (χ0) is 28.3. The number of alkyl halides is 3. The molecule has 0 spiro atoms. The van der Waals surface area contributed by atoms with E-state index in [2.05, 4.69) is 20.4 Å². The standard InChI is InChI=1S/C29H32AsF3N4O3/c31-29(32,33)23-3-1-2-20(14-23)27(39)34-17-26(38)30-24-10-13-37(18-24)25-8-11-28(40,12-9-25)22-6-4-19(5-7-22)21-15-35-36-16-21/h1-7,14-16,24-25,30,40H,8-13,17-18H2,(H,34,39)(H,35,36). The first-order chi connectivity index (χ1) is 19.1. The monoisotopic (exact) mass is 616 g/mol. The van der Waals surface area contributed by atoms with E-state index in [-0.39, 0.29) is 16.7 Å². The van der Waals surface area contributed by atoms with E-state index in [9.17, 15) is 27.9 Å². The molecule has 212 valence electrons. The first-order valence-corrected chi connectivity index (χ1v) is 15.7. The van der Waals surface area contributed by atoms with Crippen molar-refractivity contribution in [3.63, 3.8) is 0 Å². The van der Waals surface area contributed by atoms with Gasteiger partial charge < -0.3 is 0 Å². The number of hydrogen-bond donors (Lipinski definition) is 3. The average Bonchev–Trinajstić information content (AvgIpc) is 3.65. The predicted molar refractivity (Wildman–Crippen MR) is 146 cm³/mol. The Morgan fingerprint density at radius 3 is 2.52 bits per heavy atom. The van der Waals surface area contributed by atoms with Crippen molar-refractivity contribution in [1.29, 1.82) is 0 Å². The number of amides is 1. The third-order valence-electron chi connectivity index (χ3n) is 8.00. The number of aliphatic hydroxyl groups is 1. The maximum atomic E-state index is 12.9. The SMILES string of the molecule is O=C(CNC(=O)c1cccc(C(F)(F)F)c1)[AsH]C1CCN(C2CCC(O)(c3ccc(-c4cn[nH]c4)cc3)CC2)C1. The summed E-state index contributed by atoms with van der Waals surface area (Å²) in [5.74, 6) is -0.676. The van der Waals surface area contributed by atoms with Gasteiger partial charge in [-0.1, -0.05) is 0 Å². The summed E-state index contributed by atoms with van der Waals surface area (Å²) in [6.45, 7) is 1.61. The Morgan fingerprint density at radius 1 is 1.10 bits per heavy atom. The van der Waals surface area contributed by atoms with Gasteiger partial charge in [-0.25, -0.2) is 0 Å². The van der Waals surface area contributed by atoms with E-state index >= 15 is 0 Å². The molecule has 3 aromatic rings. The Kier molecular flexibility index (Phi) is 8.49. The maximum absolute atomic E-state index is 12.9. The molecule has 1 aliphatic heterocycles. The van der Waals surface area contributed by atoms with E-state index in [1.54, 1.807) is 6.20 Å². The molecule has 0 bridgehead atoms. The van der Waals surface area contributed by atoms with Crippen LogP contribution in [-0.4, -0.2) is 72.1 Å². The topological polar surface area (TPSA) is 98.3 Å². The van der Waals surface area contributed by atoms with Crippen molar-refractivity contribution >= 4 is 26.2 Å². The van der Waals surface area contributed by atoms with Crippen molar-refractivity contribution in [1.82, 2.24) is 20.4 Å². The van der Waals surface area contributed by atoms with Crippen LogP contribution in [0.5, 0.6) is 0 Å². The van der Waals surface area contributed by atoms with E-state index < -0.39 is 39.0 Å². The van der Waals surface area contributed by atoms with Crippen molar-refractivity contribution in [2.75, 3.05) is 19.6 Å². The number of carbonyl (C=O) groups is 2. The number of nitrogens with one attached hydrogen (secondary N) is 2. The van der Waals surface area contributed by atoms with Gasteiger partial charge in [0.15, 0.2) is 0 Å². The number of likely N-dealkylation sites (tertiary alicyclic amines) is 1. The van der Waals surface area contributed by atoms with Gasteiger partial charge in [-0.05, 0) is 0 Å². The van der Waals surface area contributed by atoms with Gasteiger partial charge in [0.25, 0.3) is 0 Å². The molecule has 1 aliphatic carbocycles. The van der Waals surface area contributed by atoms with Gasteiger partial charge >= 0.3 is 215 Å². The third kappa shape index (κ3) is 6.67. The van der Waals surface area contributed by atoms with Crippen LogP contribution in [0.3, 0.4) is 0 Å². The molecular formula is C29H32AsF3N4O3. The molecule has 1 saturated carbocycles. The number of rotatable bonds is 8. The summed E-state index contributed by atoms with van der Waals surface area (Å²) < 4.78 is 39.0. The summed E-state index contributed by atoms with van der Waals surface area (Å²) in [7, 11) is 0. The number of aromatic amines is 1. The van der Waals surface area contributed by atoms with E-state index in [1.165, 1.54) is 12.1 Å². The van der Waals surface area contributed by atoms with Crippen molar-refractivity contribution in [2.45, 2.75) is 54.6 Å². The fourth-order valence-corrected chi connectivity index (χ4v) is 8.34. The van der Waals surface area contributed by atoms with Crippen molar-refractivity contribution in [3.8, 4) is 11.1 Å². The van der Waals surface area contributed by atoms with E-state index in [1.807, 2.05) is 30.5 Å². The molecule has 7 nitrogen and oxygen atoms in total. The fraction of sp³-hybridized carbons (Fsp3) is 0.414. The van der Waals surface area contributed by atoms with Gasteiger partial charge in [0, 0.05) is 6.20 Å². The van der Waals surface area contributed by atoms with Gasteiger partial charge in [0.2, 0.25) is 0 Å². The quantitative estimate of drug-likeness (QED) is 0.331. The fourth-order valence-electron chi connectivity index (χ4n) is 5.73. The van der Waals surface area contributed by atoms with E-state index in [0.717, 1.165) is 61.2 Å². The number of halogens is 3. The van der Waals surface area contributed by atoms with Gasteiger partial charge in [0.05, 0.1) is 6.20 Å². The Labute approximate surface area is 237 Å². The zero-order valence-electron chi connectivity index (χ0n) is 21.9. The molecule has 2 heterocycles. The molecule has 1 amide bonds. The molecular weight excluding hydrogens is 584 g/mol. The van der Waals surface area contributed by atoms with Crippen LogP contribution in [0.25, 0.3) is 11.1 Å². The molecule has 1 aromatic heterocycles. The Bertz CT molecular complexity index is 1320. The summed E-state index contributed by atoms with van der Waals surface area (Å²) in [4.78, 5) is 27.3. The molecule has 2 unspecified atom stereocenters. The summed E-state index contributed by atoms with van der Waals surface area (Å²) in [6, 6.07) is 12.6. The Balaban J connectivity index is 1.06. The number of H-pyrrole nitrogens is 1. The first kappa shape index (κ1) is 28.6. The second-order valence-corrected chi connectivity index (χ2v) is 14.1. The third-order valence-corrected chi connectivity index (χ3v) is 10.9. The van der Waals surface area contributed by atoms with Crippen LogP contribution in [0, 0.1) is 0 Å². The number of benzene rings is 2. The van der Waals surface area contributed by atoms with Gasteiger partial charge in [-0.3, -0.25) is 5.10 Å². The van der Waals surface area contributed by atoms with E-state index in [0.29, 0.717) is 23.6 Å². The number of nitrogens with zero attached hydrogens (tertiary/aromatic N) is 2. The number of carbonyl (C=O) groups excluding carboxylic acids is 2. The normalized spacial score (nSPS) is 24.0. The summed E-state index contributed by atoms with van der Waals surface area (Å²) in [5, 5.41) is 20.7. The summed E-state index contributed by atoms with van der Waals surface area (Å²) >= 11 is -0.981. The number of hydrogen-bond acceptors (Lipinski definition) is 5. The van der Waals surface area contributed by atoms with Crippen LogP contribution in [0.2, 0.25) is 4.71 Å². The zero-order valence-corrected chi connectivity index (χ0v) is 24.0.